The van der Waals surface area contributed by atoms with Gasteiger partial charge in [0.05, 0.1) is 23.3 Å². The largest absolute Gasteiger partial charge is 0.465 e. The lowest BCUT2D eigenvalue weighted by Crippen LogP contribution is -2.04. The highest BCUT2D eigenvalue weighted by molar-refractivity contribution is 8.11. The molecule has 21 heavy (non-hydrogen) atoms. The molecule has 0 amide bonds. The van der Waals surface area contributed by atoms with Crippen LogP contribution in [0.25, 0.3) is 0 Å². The quantitative estimate of drug-likeness (QED) is 0.375. The number of ether oxygens (including phenoxy) is 1. The first-order valence-electron chi connectivity index (χ1n) is 6.13. The zero-order valence-electron chi connectivity index (χ0n) is 11.9. The van der Waals surface area contributed by atoms with Gasteiger partial charge in [-0.25, -0.2) is 4.79 Å². The van der Waals surface area contributed by atoms with E-state index in [2.05, 4.69) is 4.99 Å². The molecular weight excluding hydrogens is 308 g/mol. The Morgan fingerprint density at radius 1 is 1.48 bits per heavy atom. The summed E-state index contributed by atoms with van der Waals surface area (Å²) in [5.41, 5.74) is 9.24. The van der Waals surface area contributed by atoms with Crippen molar-refractivity contribution in [1.29, 1.82) is 0 Å². The number of benzene rings is 1. The molecule has 0 radical (unpaired) electrons. The third kappa shape index (κ3) is 6.51. The Morgan fingerprint density at radius 3 is 2.86 bits per heavy atom. The summed E-state index contributed by atoms with van der Waals surface area (Å²) in [6.07, 6.45) is 3.13. The first-order valence-corrected chi connectivity index (χ1v) is 7.56. The van der Waals surface area contributed by atoms with Gasteiger partial charge in [-0.2, -0.15) is 0 Å². The van der Waals surface area contributed by atoms with Crippen LogP contribution < -0.4 is 5.73 Å². The Hall–Kier alpha value is -1.72. The number of esters is 1. The number of allylic oxidation sites excluding steroid dienone is 3. The highest BCUT2D eigenvalue weighted by Gasteiger charge is 2.09. The van der Waals surface area contributed by atoms with Crippen molar-refractivity contribution in [2.45, 2.75) is 12.7 Å². The smallest absolute Gasteiger partial charge is 0.338 e. The number of thioether (sulfide) groups is 1. The van der Waals surface area contributed by atoms with E-state index in [-0.39, 0.29) is 5.97 Å². The van der Waals surface area contributed by atoms with Crippen molar-refractivity contribution in [1.82, 2.24) is 0 Å². The van der Waals surface area contributed by atoms with Crippen LogP contribution in [0.2, 0.25) is 0 Å². The van der Waals surface area contributed by atoms with Gasteiger partial charge in [0.25, 0.3) is 0 Å². The van der Waals surface area contributed by atoms with E-state index in [1.165, 1.54) is 25.1 Å². The molecule has 112 valence electrons. The van der Waals surface area contributed by atoms with Crippen LogP contribution >= 0.6 is 23.4 Å². The van der Waals surface area contributed by atoms with Crippen LogP contribution in [0.4, 0.5) is 0 Å². The van der Waals surface area contributed by atoms with Crippen LogP contribution in [-0.4, -0.2) is 18.6 Å². The van der Waals surface area contributed by atoms with Crippen molar-refractivity contribution >= 4 is 34.9 Å². The fourth-order valence-corrected chi connectivity index (χ4v) is 2.36. The number of halogens is 1. The minimum atomic E-state index is -0.338. The second-order valence-electron chi connectivity index (χ2n) is 4.12. The molecular formula is C15H17ClN2O2S. The van der Waals surface area contributed by atoms with Gasteiger partial charge >= 0.3 is 5.97 Å². The van der Waals surface area contributed by atoms with Gasteiger partial charge in [-0.3, -0.25) is 4.99 Å². The highest BCUT2D eigenvalue weighted by Crippen LogP contribution is 2.16. The molecule has 0 unspecified atom stereocenters. The standard InChI is InChI=1S/C15H17ClN2O2S/c1-11(17)7-13(16)8-18-10-21-9-12-5-3-4-6-14(12)15(19)20-2/h3-8,10H,9,17H2,1-2H3/b11-7+,13-8+,18-10+. The summed E-state index contributed by atoms with van der Waals surface area (Å²) < 4.78 is 4.75. The Balaban J connectivity index is 2.61. The van der Waals surface area contributed by atoms with Gasteiger partial charge in [0.2, 0.25) is 0 Å². The average Bonchev–Trinajstić information content (AvgIpc) is 2.45. The maximum atomic E-state index is 11.6. The fraction of sp³-hybridized carbons (Fsp3) is 0.200. The molecule has 0 atom stereocenters. The maximum Gasteiger partial charge on any atom is 0.338 e. The van der Waals surface area contributed by atoms with E-state index in [9.17, 15) is 4.79 Å². The zero-order chi connectivity index (χ0) is 15.7. The number of hydrogen-bond acceptors (Lipinski definition) is 5. The molecule has 0 spiro atoms. The molecule has 1 aromatic rings. The summed E-state index contributed by atoms with van der Waals surface area (Å²) in [6.45, 7) is 1.75. The van der Waals surface area contributed by atoms with Gasteiger partial charge in [0.15, 0.2) is 0 Å². The highest BCUT2D eigenvalue weighted by atomic mass is 35.5. The van der Waals surface area contributed by atoms with E-state index in [4.69, 9.17) is 22.1 Å². The molecule has 1 aromatic carbocycles. The Kier molecular flexibility index (Phi) is 7.64. The molecule has 0 bridgehead atoms. The van der Waals surface area contributed by atoms with Crippen LogP contribution in [0.15, 0.2) is 52.3 Å². The van der Waals surface area contributed by atoms with Crippen molar-refractivity contribution in [2.75, 3.05) is 7.11 Å². The Bertz CT molecular complexity index is 579. The van der Waals surface area contributed by atoms with Crippen LogP contribution in [0, 0.1) is 0 Å². The van der Waals surface area contributed by atoms with Gasteiger partial charge in [-0.1, -0.05) is 29.8 Å². The van der Waals surface area contributed by atoms with Crippen molar-refractivity contribution in [3.63, 3.8) is 0 Å². The molecule has 0 heterocycles. The van der Waals surface area contributed by atoms with Crippen LogP contribution in [0.3, 0.4) is 0 Å². The van der Waals surface area contributed by atoms with Gasteiger partial charge in [-0.05, 0) is 24.6 Å². The van der Waals surface area contributed by atoms with Gasteiger partial charge in [-0.15, -0.1) is 11.8 Å². The lowest BCUT2D eigenvalue weighted by atomic mass is 10.1. The summed E-state index contributed by atoms with van der Waals surface area (Å²) in [5.74, 6) is 0.279. The number of carbonyl (C=O) groups excluding carboxylic acids is 1. The van der Waals surface area contributed by atoms with E-state index in [1.54, 1.807) is 30.7 Å². The molecule has 2 N–H and O–H groups in total. The second kappa shape index (κ2) is 9.26. The normalized spacial score (nSPS) is 12.7. The molecule has 0 saturated carbocycles. The van der Waals surface area contributed by atoms with E-state index >= 15 is 0 Å². The summed E-state index contributed by atoms with van der Waals surface area (Å²) in [7, 11) is 1.37. The minimum absolute atomic E-state index is 0.338. The number of rotatable bonds is 6. The monoisotopic (exact) mass is 324 g/mol. The lowest BCUT2D eigenvalue weighted by molar-refractivity contribution is 0.0600. The SMILES string of the molecule is COC(=O)c1ccccc1CS/C=N/C=C(Cl)\C=C(/C)N. The van der Waals surface area contributed by atoms with Crippen LogP contribution in [0.1, 0.15) is 22.8 Å². The third-order valence-corrected chi connectivity index (χ3v) is 3.32. The molecule has 0 aliphatic heterocycles. The Labute approximate surface area is 133 Å². The van der Waals surface area contributed by atoms with Crippen molar-refractivity contribution in [2.24, 2.45) is 10.7 Å². The molecule has 4 nitrogen and oxygen atoms in total. The number of methoxy groups -OCH3 is 1. The Morgan fingerprint density at radius 2 is 2.19 bits per heavy atom. The molecule has 0 aromatic heterocycles. The number of nitrogens with two attached hydrogens (primary N) is 1. The number of nitrogens with zero attached hydrogens (tertiary/aromatic N) is 1. The summed E-state index contributed by atoms with van der Waals surface area (Å²) in [6, 6.07) is 7.31. The average molecular weight is 325 g/mol. The van der Waals surface area contributed by atoms with Crippen molar-refractivity contribution < 1.29 is 9.53 Å². The molecule has 0 aliphatic carbocycles. The summed E-state index contributed by atoms with van der Waals surface area (Å²) in [4.78, 5) is 15.7. The fourth-order valence-electron chi connectivity index (χ4n) is 1.48. The second-order valence-corrected chi connectivity index (χ2v) is 5.39. The first kappa shape index (κ1) is 17.3. The number of hydrogen-bond donors (Lipinski definition) is 1. The molecule has 0 fully saturated rings. The van der Waals surface area contributed by atoms with E-state index in [1.807, 2.05) is 12.1 Å². The number of carbonyl (C=O) groups is 1. The molecule has 0 aliphatic rings. The predicted molar refractivity (Wildman–Crippen MR) is 89.4 cm³/mol. The van der Waals surface area contributed by atoms with Crippen LogP contribution in [-0.2, 0) is 10.5 Å². The minimum Gasteiger partial charge on any atom is -0.465 e. The van der Waals surface area contributed by atoms with Crippen molar-refractivity contribution in [3.8, 4) is 0 Å². The molecule has 6 heteroatoms. The molecule has 0 saturated heterocycles. The summed E-state index contributed by atoms with van der Waals surface area (Å²) >= 11 is 7.33. The lowest BCUT2D eigenvalue weighted by Gasteiger charge is -2.05. The third-order valence-electron chi connectivity index (χ3n) is 2.36. The van der Waals surface area contributed by atoms with E-state index in [0.717, 1.165) is 5.56 Å². The van der Waals surface area contributed by atoms with Gasteiger partial charge in [0.1, 0.15) is 0 Å². The molecule has 1 rings (SSSR count). The van der Waals surface area contributed by atoms with E-state index in [0.29, 0.717) is 22.0 Å². The maximum absolute atomic E-state index is 11.6. The van der Waals surface area contributed by atoms with Crippen molar-refractivity contribution in [3.05, 3.63) is 58.4 Å². The predicted octanol–water partition coefficient (Wildman–Crippen LogP) is 3.68. The van der Waals surface area contributed by atoms with Gasteiger partial charge < -0.3 is 10.5 Å². The first-order chi connectivity index (χ1) is 10.0. The van der Waals surface area contributed by atoms with Crippen LogP contribution in [0.5, 0.6) is 0 Å². The topological polar surface area (TPSA) is 64.7 Å². The van der Waals surface area contributed by atoms with E-state index < -0.39 is 0 Å². The summed E-state index contributed by atoms with van der Waals surface area (Å²) in [5, 5.41) is 0.460. The number of aliphatic imine (C=N–C) groups is 1. The zero-order valence-corrected chi connectivity index (χ0v) is 13.4. The van der Waals surface area contributed by atoms with Gasteiger partial charge in [0, 0.05) is 17.6 Å².